The lowest BCUT2D eigenvalue weighted by molar-refractivity contribution is 0.0722. The minimum Gasteiger partial charge on any atom is -0.327 e. The van der Waals surface area contributed by atoms with Crippen LogP contribution in [0.25, 0.3) is 0 Å². The number of nitrogens with zero attached hydrogens (tertiary/aromatic N) is 4. The quantitative estimate of drug-likeness (QED) is 0.795. The van der Waals surface area contributed by atoms with Crippen molar-refractivity contribution in [3.63, 3.8) is 0 Å². The number of hydrogen-bond donors (Lipinski definition) is 2. The molecule has 2 N–H and O–H groups in total. The summed E-state index contributed by atoms with van der Waals surface area (Å²) in [5.74, 6) is 0.836. The summed E-state index contributed by atoms with van der Waals surface area (Å²) in [5.41, 5.74) is 5.23. The third kappa shape index (κ3) is 3.04. The molecule has 1 saturated heterocycles. The van der Waals surface area contributed by atoms with Gasteiger partial charge in [0.05, 0.1) is 6.04 Å². The van der Waals surface area contributed by atoms with Crippen LogP contribution >= 0.6 is 0 Å². The van der Waals surface area contributed by atoms with E-state index in [-0.39, 0.29) is 11.9 Å². The summed E-state index contributed by atoms with van der Waals surface area (Å²) in [5, 5.41) is 10.9. The van der Waals surface area contributed by atoms with Crippen LogP contribution in [0.1, 0.15) is 77.0 Å². The Morgan fingerprint density at radius 2 is 2.07 bits per heavy atom. The van der Waals surface area contributed by atoms with Gasteiger partial charge < -0.3 is 10.2 Å². The Balaban J connectivity index is 1.43. The van der Waals surface area contributed by atoms with E-state index in [1.165, 1.54) is 18.4 Å². The summed E-state index contributed by atoms with van der Waals surface area (Å²) in [7, 11) is 0. The van der Waals surface area contributed by atoms with E-state index >= 15 is 0 Å². The molecular formula is C20H26N6O. The fourth-order valence-electron chi connectivity index (χ4n) is 4.66. The van der Waals surface area contributed by atoms with E-state index < -0.39 is 0 Å². The zero-order valence-corrected chi connectivity index (χ0v) is 15.6. The molecule has 4 heterocycles. The second-order valence-electron chi connectivity index (χ2n) is 7.87. The smallest absolute Gasteiger partial charge is 0.275 e. The molecule has 1 aliphatic carbocycles. The highest BCUT2D eigenvalue weighted by atomic mass is 16.2. The van der Waals surface area contributed by atoms with Gasteiger partial charge >= 0.3 is 0 Å². The largest absolute Gasteiger partial charge is 0.327 e. The fraction of sp³-hybridized carbons (Fsp3) is 0.600. The minimum atomic E-state index is -0.0317. The predicted octanol–water partition coefficient (Wildman–Crippen LogP) is 2.09. The molecule has 2 aliphatic heterocycles. The molecule has 142 valence electrons. The van der Waals surface area contributed by atoms with Crippen LogP contribution in [0.15, 0.2) is 6.20 Å². The average molecular weight is 366 g/mol. The third-order valence-electron chi connectivity index (χ3n) is 6.15. The maximum Gasteiger partial charge on any atom is 0.275 e. The van der Waals surface area contributed by atoms with Gasteiger partial charge in [-0.1, -0.05) is 6.42 Å². The van der Waals surface area contributed by atoms with Crippen LogP contribution in [0.2, 0.25) is 0 Å². The first-order valence-corrected chi connectivity index (χ1v) is 10.2. The number of fused-ring (bicyclic) bond motifs is 2. The predicted molar refractivity (Wildman–Crippen MR) is 100 cm³/mol. The average Bonchev–Trinajstić information content (AvgIpc) is 3.29. The molecule has 1 atom stereocenters. The molecule has 1 amide bonds. The number of rotatable bonds is 2. The van der Waals surface area contributed by atoms with E-state index in [2.05, 4.69) is 20.5 Å². The summed E-state index contributed by atoms with van der Waals surface area (Å²) in [6, 6.07) is -0.0317. The number of aryl methyl sites for hydroxylation is 1. The van der Waals surface area contributed by atoms with Gasteiger partial charge in [0.25, 0.3) is 5.91 Å². The highest BCUT2D eigenvalue weighted by Crippen LogP contribution is 2.33. The summed E-state index contributed by atoms with van der Waals surface area (Å²) in [6.45, 7) is 2.55. The van der Waals surface area contributed by atoms with Gasteiger partial charge in [-0.15, -0.1) is 0 Å². The molecule has 0 bridgehead atoms. The molecular weight excluding hydrogens is 340 g/mol. The van der Waals surface area contributed by atoms with Gasteiger partial charge in [-0.05, 0) is 38.5 Å². The first-order chi connectivity index (χ1) is 13.3. The second-order valence-corrected chi connectivity index (χ2v) is 7.87. The number of likely N-dealkylation sites (tertiary alicyclic amines) is 1. The fourth-order valence-corrected chi connectivity index (χ4v) is 4.66. The van der Waals surface area contributed by atoms with Crippen LogP contribution in [-0.4, -0.2) is 44.1 Å². The molecule has 2 aromatic rings. The Morgan fingerprint density at radius 3 is 3.04 bits per heavy atom. The van der Waals surface area contributed by atoms with Crippen molar-refractivity contribution < 1.29 is 4.79 Å². The Morgan fingerprint density at radius 1 is 1.15 bits per heavy atom. The molecule has 0 spiro atoms. The number of aromatic nitrogens is 4. The van der Waals surface area contributed by atoms with E-state index in [1.54, 1.807) is 0 Å². The van der Waals surface area contributed by atoms with Gasteiger partial charge in [0.15, 0.2) is 11.5 Å². The molecule has 0 unspecified atom stereocenters. The SMILES string of the molecule is O=C(c1n[nH]c2c1CCCCC2)N1CCC[C@@H]1c1ncc2c(n1)CCNC2. The standard InChI is InChI=1S/C20H26N6O/c27-20(18-14-5-2-1-3-6-16(14)24-25-18)26-10-4-7-17(26)19-22-12-13-11-21-9-8-15(13)23-19/h12,17,21H,1-11H2,(H,24,25)/t17-/m1/s1. The Bertz CT molecular complexity index is 860. The number of carbonyl (C=O) groups is 1. The normalized spacial score (nSPS) is 22.2. The first-order valence-electron chi connectivity index (χ1n) is 10.2. The number of hydrogen-bond acceptors (Lipinski definition) is 5. The van der Waals surface area contributed by atoms with E-state index in [4.69, 9.17) is 4.98 Å². The van der Waals surface area contributed by atoms with Crippen LogP contribution < -0.4 is 5.32 Å². The van der Waals surface area contributed by atoms with E-state index in [1.807, 2.05) is 11.1 Å². The van der Waals surface area contributed by atoms with Gasteiger partial charge in [0, 0.05) is 54.8 Å². The molecule has 5 rings (SSSR count). The third-order valence-corrected chi connectivity index (χ3v) is 6.15. The van der Waals surface area contributed by atoms with Gasteiger partial charge in [-0.25, -0.2) is 9.97 Å². The summed E-state index contributed by atoms with van der Waals surface area (Å²) in [4.78, 5) is 24.7. The zero-order chi connectivity index (χ0) is 18.2. The molecule has 7 heteroatoms. The molecule has 3 aliphatic rings. The van der Waals surface area contributed by atoms with Crippen molar-refractivity contribution in [3.8, 4) is 0 Å². The number of carbonyl (C=O) groups excluding carboxylic acids is 1. The van der Waals surface area contributed by atoms with Crippen molar-refractivity contribution in [2.24, 2.45) is 0 Å². The van der Waals surface area contributed by atoms with Crippen LogP contribution in [0.3, 0.4) is 0 Å². The van der Waals surface area contributed by atoms with Crippen molar-refractivity contribution in [2.75, 3.05) is 13.1 Å². The van der Waals surface area contributed by atoms with Crippen LogP contribution in [0.5, 0.6) is 0 Å². The van der Waals surface area contributed by atoms with Gasteiger partial charge in [-0.3, -0.25) is 9.89 Å². The molecule has 2 aromatic heterocycles. The van der Waals surface area contributed by atoms with Gasteiger partial charge in [0.2, 0.25) is 0 Å². The first kappa shape index (κ1) is 16.9. The lowest BCUT2D eigenvalue weighted by atomic mass is 10.1. The van der Waals surface area contributed by atoms with E-state index in [0.717, 1.165) is 80.9 Å². The number of amides is 1. The molecule has 0 aromatic carbocycles. The molecule has 0 radical (unpaired) electrons. The Labute approximate surface area is 159 Å². The van der Waals surface area contributed by atoms with Crippen LogP contribution in [-0.2, 0) is 25.8 Å². The highest BCUT2D eigenvalue weighted by Gasteiger charge is 2.35. The number of nitrogens with one attached hydrogen (secondary N) is 2. The molecule has 0 saturated carbocycles. The van der Waals surface area contributed by atoms with E-state index in [0.29, 0.717) is 5.69 Å². The molecule has 27 heavy (non-hydrogen) atoms. The Kier molecular flexibility index (Phi) is 4.39. The van der Waals surface area contributed by atoms with Crippen LogP contribution in [0.4, 0.5) is 0 Å². The summed E-state index contributed by atoms with van der Waals surface area (Å²) < 4.78 is 0. The Hall–Kier alpha value is -2.28. The monoisotopic (exact) mass is 366 g/mol. The van der Waals surface area contributed by atoms with Gasteiger partial charge in [-0.2, -0.15) is 5.10 Å². The second kappa shape index (κ2) is 7.03. The maximum atomic E-state index is 13.3. The van der Waals surface area contributed by atoms with Crippen LogP contribution in [0, 0.1) is 0 Å². The molecule has 7 nitrogen and oxygen atoms in total. The zero-order valence-electron chi connectivity index (χ0n) is 15.6. The van der Waals surface area contributed by atoms with Crippen molar-refractivity contribution in [1.29, 1.82) is 0 Å². The molecule has 1 fully saturated rings. The van der Waals surface area contributed by atoms with Crippen molar-refractivity contribution >= 4 is 5.91 Å². The topological polar surface area (TPSA) is 86.8 Å². The van der Waals surface area contributed by atoms with Crippen molar-refractivity contribution in [2.45, 2.75) is 64.0 Å². The lowest BCUT2D eigenvalue weighted by Gasteiger charge is -2.25. The van der Waals surface area contributed by atoms with Crippen molar-refractivity contribution in [1.82, 2.24) is 30.4 Å². The van der Waals surface area contributed by atoms with Gasteiger partial charge in [0.1, 0.15) is 0 Å². The number of H-pyrrole nitrogens is 1. The summed E-state index contributed by atoms with van der Waals surface area (Å²) in [6.07, 6.45) is 10.3. The summed E-state index contributed by atoms with van der Waals surface area (Å²) >= 11 is 0. The number of aromatic amines is 1. The highest BCUT2D eigenvalue weighted by molar-refractivity contribution is 5.94. The lowest BCUT2D eigenvalue weighted by Crippen LogP contribution is -2.33. The minimum absolute atomic E-state index is 0.0317. The van der Waals surface area contributed by atoms with Crippen molar-refractivity contribution in [3.05, 3.63) is 40.2 Å². The maximum absolute atomic E-state index is 13.3. The van der Waals surface area contributed by atoms with E-state index in [9.17, 15) is 4.79 Å².